The molecule has 3 N–H and O–H groups in total. The summed E-state index contributed by atoms with van der Waals surface area (Å²) >= 11 is 0. The largest absolute Gasteiger partial charge is 0.396 e. The highest BCUT2D eigenvalue weighted by Crippen LogP contribution is 2.60. The number of hydrogen-bond acceptors (Lipinski definition) is 7. The Balaban J connectivity index is 1.79. The zero-order valence-corrected chi connectivity index (χ0v) is 22.7. The zero-order chi connectivity index (χ0) is 28.0. The van der Waals surface area contributed by atoms with E-state index in [0.29, 0.717) is 22.5 Å². The standard InChI is InChI=1S/C26H32FN3O7Si/c1-15-23(38(3,4)27)22(10-11-31)37-26(15)20-13-19(30(35)36)8-9-21(20)29(25(26)34)14-17-6-5-7-18(12-17)28-24(33)16(2)32/h5-9,12-13,15-16,22-23,31-32H,10-11,14H2,1-4H3,(H,28,33)/t15-,16-,22+,23-,26+/m0/s1. The van der Waals surface area contributed by atoms with E-state index in [0.717, 1.165) is 0 Å². The Morgan fingerprint density at radius 1 is 1.32 bits per heavy atom. The summed E-state index contributed by atoms with van der Waals surface area (Å²) in [4.78, 5) is 38.7. The number of benzene rings is 2. The normalized spacial score (nSPS) is 25.5. The van der Waals surface area contributed by atoms with Crippen LogP contribution in [0.3, 0.4) is 0 Å². The predicted molar refractivity (Wildman–Crippen MR) is 141 cm³/mol. The first-order valence-electron chi connectivity index (χ1n) is 12.5. The number of rotatable bonds is 8. The van der Waals surface area contributed by atoms with E-state index in [1.54, 1.807) is 44.3 Å². The molecule has 2 aliphatic heterocycles. The van der Waals surface area contributed by atoms with Crippen molar-refractivity contribution in [3.63, 3.8) is 0 Å². The van der Waals surface area contributed by atoms with E-state index < -0.39 is 54.4 Å². The van der Waals surface area contributed by atoms with Gasteiger partial charge < -0.3 is 29.3 Å². The van der Waals surface area contributed by atoms with Crippen LogP contribution in [0.25, 0.3) is 0 Å². The summed E-state index contributed by atoms with van der Waals surface area (Å²) in [6.07, 6.45) is -1.79. The number of nitrogens with one attached hydrogen (secondary N) is 1. The number of nitrogens with zero attached hydrogens (tertiary/aromatic N) is 2. The number of carbonyl (C=O) groups excluding carboxylic acids is 2. The Kier molecular flexibility index (Phi) is 7.45. The monoisotopic (exact) mass is 545 g/mol. The van der Waals surface area contributed by atoms with E-state index in [2.05, 4.69) is 5.32 Å². The van der Waals surface area contributed by atoms with E-state index >= 15 is 4.11 Å². The van der Waals surface area contributed by atoms with E-state index in [-0.39, 0.29) is 25.3 Å². The SMILES string of the molecule is C[C@H](O)C(=O)Nc1cccc(CN2C(=O)[C@]3(O[C@H](CCO)[C@@H]([Si](C)(C)F)[C@@H]3C)c3cc([N+](=O)[O-])ccc32)c1. The molecule has 2 heterocycles. The maximum Gasteiger partial charge on any atom is 0.269 e. The smallest absolute Gasteiger partial charge is 0.269 e. The van der Waals surface area contributed by atoms with E-state index in [9.17, 15) is 29.9 Å². The summed E-state index contributed by atoms with van der Waals surface area (Å²) in [5, 5.41) is 33.4. The molecule has 0 bridgehead atoms. The Morgan fingerprint density at radius 3 is 2.63 bits per heavy atom. The first kappa shape index (κ1) is 27.8. The first-order valence-corrected chi connectivity index (χ1v) is 15.4. The molecule has 1 spiro atoms. The van der Waals surface area contributed by atoms with Gasteiger partial charge in [-0.3, -0.25) is 19.7 Å². The molecule has 4 rings (SSSR count). The molecule has 1 fully saturated rings. The number of aliphatic hydroxyl groups is 2. The lowest BCUT2D eigenvalue weighted by atomic mass is 9.82. The van der Waals surface area contributed by atoms with E-state index in [4.69, 9.17) is 4.74 Å². The lowest BCUT2D eigenvalue weighted by Crippen LogP contribution is -2.45. The Morgan fingerprint density at radius 2 is 2.03 bits per heavy atom. The molecule has 204 valence electrons. The second-order valence-electron chi connectivity index (χ2n) is 10.5. The second-order valence-corrected chi connectivity index (χ2v) is 14.3. The van der Waals surface area contributed by atoms with Crippen LogP contribution in [0.4, 0.5) is 21.2 Å². The number of nitro benzene ring substituents is 1. The molecule has 2 aliphatic rings. The van der Waals surface area contributed by atoms with Gasteiger partial charge in [0.15, 0.2) is 5.60 Å². The van der Waals surface area contributed by atoms with Crippen LogP contribution < -0.4 is 10.2 Å². The van der Waals surface area contributed by atoms with Crippen molar-refractivity contribution >= 4 is 37.3 Å². The van der Waals surface area contributed by atoms with Crippen molar-refractivity contribution in [2.24, 2.45) is 5.92 Å². The average Bonchev–Trinajstić information content (AvgIpc) is 3.26. The Hall–Kier alpha value is -3.19. The number of carbonyl (C=O) groups is 2. The maximum atomic E-state index is 15.6. The van der Waals surface area contributed by atoms with Crippen LogP contribution in [0, 0.1) is 16.0 Å². The predicted octanol–water partition coefficient (Wildman–Crippen LogP) is 3.62. The highest BCUT2D eigenvalue weighted by atomic mass is 28.4. The van der Waals surface area contributed by atoms with Crippen LogP contribution in [0.5, 0.6) is 0 Å². The van der Waals surface area contributed by atoms with Gasteiger partial charge in [-0.2, -0.15) is 0 Å². The average molecular weight is 546 g/mol. The van der Waals surface area contributed by atoms with Crippen LogP contribution in [-0.4, -0.2) is 54.2 Å². The summed E-state index contributed by atoms with van der Waals surface area (Å²) in [6, 6.07) is 10.9. The highest BCUT2D eigenvalue weighted by molar-refractivity contribution is 6.72. The van der Waals surface area contributed by atoms with Crippen molar-refractivity contribution in [2.45, 2.75) is 63.3 Å². The lowest BCUT2D eigenvalue weighted by Gasteiger charge is -2.31. The molecule has 2 aromatic rings. The van der Waals surface area contributed by atoms with Crippen LogP contribution in [0.15, 0.2) is 42.5 Å². The summed E-state index contributed by atoms with van der Waals surface area (Å²) in [6.45, 7) is 5.98. The topological polar surface area (TPSA) is 142 Å². The van der Waals surface area contributed by atoms with Gasteiger partial charge in [0, 0.05) is 41.4 Å². The molecule has 1 saturated heterocycles. The van der Waals surface area contributed by atoms with Crippen molar-refractivity contribution < 1.29 is 33.6 Å². The molecular weight excluding hydrogens is 513 g/mol. The van der Waals surface area contributed by atoms with Crippen molar-refractivity contribution in [1.82, 2.24) is 0 Å². The summed E-state index contributed by atoms with van der Waals surface area (Å²) in [5.74, 6) is -1.67. The third-order valence-corrected chi connectivity index (χ3v) is 9.94. The van der Waals surface area contributed by atoms with Crippen LogP contribution >= 0.6 is 0 Å². The fourth-order valence-electron chi connectivity index (χ4n) is 5.88. The minimum atomic E-state index is -3.40. The molecule has 38 heavy (non-hydrogen) atoms. The number of anilines is 2. The minimum Gasteiger partial charge on any atom is -0.396 e. The van der Waals surface area contributed by atoms with E-state index in [1.165, 1.54) is 30.0 Å². The molecule has 0 saturated carbocycles. The minimum absolute atomic E-state index is 0.0612. The van der Waals surface area contributed by atoms with Gasteiger partial charge in [0.25, 0.3) is 17.5 Å². The van der Waals surface area contributed by atoms with Crippen LogP contribution in [-0.2, 0) is 26.5 Å². The summed E-state index contributed by atoms with van der Waals surface area (Å²) < 4.78 is 22.0. The van der Waals surface area contributed by atoms with Gasteiger partial charge in [-0.1, -0.05) is 19.1 Å². The third-order valence-electron chi connectivity index (χ3n) is 7.48. The molecule has 2 aromatic carbocycles. The molecule has 0 aliphatic carbocycles. The number of hydrogen-bond donors (Lipinski definition) is 3. The summed E-state index contributed by atoms with van der Waals surface area (Å²) in [7, 11) is -3.40. The number of halogens is 1. The molecule has 2 amide bonds. The van der Waals surface area contributed by atoms with Gasteiger partial charge in [0.1, 0.15) is 6.10 Å². The second kappa shape index (κ2) is 10.2. The zero-order valence-electron chi connectivity index (χ0n) is 21.7. The first-order chi connectivity index (χ1) is 17.8. The number of amides is 2. The van der Waals surface area contributed by atoms with Gasteiger partial charge in [0.2, 0.25) is 8.41 Å². The van der Waals surface area contributed by atoms with Crippen molar-refractivity contribution in [3.05, 3.63) is 63.7 Å². The molecule has 0 radical (unpaired) electrons. The number of aliphatic hydroxyl groups excluding tert-OH is 2. The van der Waals surface area contributed by atoms with Crippen molar-refractivity contribution in [3.8, 4) is 0 Å². The summed E-state index contributed by atoms with van der Waals surface area (Å²) in [5.41, 5.74) is -0.658. The van der Waals surface area contributed by atoms with E-state index in [1.807, 2.05) is 0 Å². The van der Waals surface area contributed by atoms with Gasteiger partial charge in [-0.05, 0) is 50.2 Å². The molecule has 12 heteroatoms. The van der Waals surface area contributed by atoms with Crippen LogP contribution in [0.1, 0.15) is 31.4 Å². The molecule has 5 atom stereocenters. The number of fused-ring (bicyclic) bond motifs is 2. The molecular formula is C26H32FN3O7Si. The van der Waals surface area contributed by atoms with Gasteiger partial charge in [-0.15, -0.1) is 0 Å². The van der Waals surface area contributed by atoms with Gasteiger partial charge in [-0.25, -0.2) is 0 Å². The third kappa shape index (κ3) is 4.73. The lowest BCUT2D eigenvalue weighted by molar-refractivity contribution is -0.385. The molecule has 10 nitrogen and oxygen atoms in total. The number of nitro groups is 1. The number of non-ortho nitro benzene ring substituents is 1. The van der Waals surface area contributed by atoms with Gasteiger partial charge in [0.05, 0.1) is 23.3 Å². The van der Waals surface area contributed by atoms with Crippen LogP contribution in [0.2, 0.25) is 18.6 Å². The number of ether oxygens (including phenoxy) is 1. The molecule has 0 aromatic heterocycles. The highest BCUT2D eigenvalue weighted by Gasteiger charge is 2.66. The van der Waals surface area contributed by atoms with Gasteiger partial charge >= 0.3 is 0 Å². The fourth-order valence-corrected chi connectivity index (χ4v) is 8.42. The fraction of sp³-hybridized carbons (Fsp3) is 0.462. The van der Waals surface area contributed by atoms with Crippen molar-refractivity contribution in [1.29, 1.82) is 0 Å². The molecule has 0 unspecified atom stereocenters. The Bertz CT molecular complexity index is 1270. The van der Waals surface area contributed by atoms with Crippen molar-refractivity contribution in [2.75, 3.05) is 16.8 Å². The Labute approximate surface area is 220 Å². The quantitative estimate of drug-likeness (QED) is 0.199. The maximum absolute atomic E-state index is 15.6.